The number of carbonyl (C=O) groups excluding carboxylic acids is 1. The van der Waals surface area contributed by atoms with Crippen molar-refractivity contribution in [2.24, 2.45) is 0 Å². The molecule has 1 N–H and O–H groups in total. The summed E-state index contributed by atoms with van der Waals surface area (Å²) in [5.41, 5.74) is 3.01. The van der Waals surface area contributed by atoms with E-state index in [0.717, 1.165) is 5.56 Å². The number of anilines is 1. The Morgan fingerprint density at radius 2 is 1.74 bits per heavy atom. The van der Waals surface area contributed by atoms with Gasteiger partial charge in [-0.15, -0.1) is 0 Å². The van der Waals surface area contributed by atoms with Gasteiger partial charge >= 0.3 is 0 Å². The minimum absolute atomic E-state index is 0.142. The zero-order valence-corrected chi connectivity index (χ0v) is 20.5. The molecule has 1 aliphatic rings. The number of halogens is 1. The standard InChI is InChI=1S/C26H25ClN2O4S/c1-3-29-22-14-13-20(27)17-21(22)24(19-10-5-4-6-11-19)25(34(29,31)32)26(30)28-15-16-33-23-12-8-7-9-18(23)2/h4-14,17H,3,15-16H2,1-2H3,(H,28,30). The lowest BCUT2D eigenvalue weighted by Crippen LogP contribution is -2.42. The fraction of sp³-hybridized carbons (Fsp3) is 0.192. The van der Waals surface area contributed by atoms with Gasteiger partial charge in [0.05, 0.1) is 12.2 Å². The van der Waals surface area contributed by atoms with Gasteiger partial charge in [0, 0.05) is 22.7 Å². The zero-order chi connectivity index (χ0) is 24.3. The van der Waals surface area contributed by atoms with Gasteiger partial charge in [0.25, 0.3) is 15.9 Å². The Morgan fingerprint density at radius 1 is 1.03 bits per heavy atom. The summed E-state index contributed by atoms with van der Waals surface area (Å²) in [7, 11) is -4.12. The molecule has 0 bridgehead atoms. The van der Waals surface area contributed by atoms with Gasteiger partial charge in [-0.2, -0.15) is 0 Å². The smallest absolute Gasteiger partial charge is 0.270 e. The van der Waals surface area contributed by atoms with Gasteiger partial charge < -0.3 is 10.1 Å². The monoisotopic (exact) mass is 496 g/mol. The number of hydrogen-bond acceptors (Lipinski definition) is 4. The number of amides is 1. The number of ether oxygens (including phenoxy) is 1. The molecule has 1 heterocycles. The number of para-hydroxylation sites is 1. The summed E-state index contributed by atoms with van der Waals surface area (Å²) in [5, 5.41) is 3.18. The highest BCUT2D eigenvalue weighted by Crippen LogP contribution is 2.43. The molecule has 1 amide bonds. The first-order chi connectivity index (χ1) is 16.3. The third-order valence-corrected chi connectivity index (χ3v) is 7.74. The summed E-state index contributed by atoms with van der Waals surface area (Å²) in [4.78, 5) is 13.1. The van der Waals surface area contributed by atoms with Crippen LogP contribution in [0.3, 0.4) is 0 Å². The van der Waals surface area contributed by atoms with Crippen molar-refractivity contribution in [1.29, 1.82) is 0 Å². The number of sulfonamides is 1. The van der Waals surface area contributed by atoms with Gasteiger partial charge in [-0.25, -0.2) is 8.42 Å². The van der Waals surface area contributed by atoms with E-state index < -0.39 is 15.9 Å². The first kappa shape index (κ1) is 23.9. The molecule has 0 radical (unpaired) electrons. The molecular formula is C26H25ClN2O4S. The molecule has 0 saturated carbocycles. The van der Waals surface area contributed by atoms with Crippen LogP contribution in [-0.2, 0) is 14.8 Å². The quantitative estimate of drug-likeness (QED) is 0.478. The summed E-state index contributed by atoms with van der Waals surface area (Å²) < 4.78 is 34.3. The van der Waals surface area contributed by atoms with Crippen LogP contribution in [0.4, 0.5) is 5.69 Å². The van der Waals surface area contributed by atoms with E-state index in [-0.39, 0.29) is 24.6 Å². The molecule has 3 aromatic carbocycles. The van der Waals surface area contributed by atoms with Crippen LogP contribution in [0.1, 0.15) is 23.6 Å². The van der Waals surface area contributed by atoms with E-state index in [0.29, 0.717) is 33.2 Å². The number of aryl methyl sites for hydroxylation is 1. The van der Waals surface area contributed by atoms with Crippen LogP contribution in [-0.4, -0.2) is 34.0 Å². The highest BCUT2D eigenvalue weighted by atomic mass is 35.5. The molecule has 0 atom stereocenters. The lowest BCUT2D eigenvalue weighted by Gasteiger charge is -2.33. The summed E-state index contributed by atoms with van der Waals surface area (Å²) in [6.45, 7) is 4.18. The SMILES string of the molecule is CCN1c2ccc(Cl)cc2C(c2ccccc2)=C(C(=O)NCCOc2ccccc2C)S1(=O)=O. The molecule has 1 aliphatic heterocycles. The third-order valence-electron chi connectivity index (χ3n) is 5.57. The largest absolute Gasteiger partial charge is 0.491 e. The first-order valence-electron chi connectivity index (χ1n) is 10.9. The van der Waals surface area contributed by atoms with Crippen molar-refractivity contribution in [2.45, 2.75) is 13.8 Å². The maximum Gasteiger partial charge on any atom is 0.270 e. The second-order valence-corrected chi connectivity index (χ2v) is 10.0. The number of benzene rings is 3. The van der Waals surface area contributed by atoms with Gasteiger partial charge in [0.15, 0.2) is 4.91 Å². The van der Waals surface area contributed by atoms with Gasteiger partial charge in [-0.05, 0) is 49.2 Å². The van der Waals surface area contributed by atoms with Crippen LogP contribution >= 0.6 is 11.6 Å². The molecule has 8 heteroatoms. The van der Waals surface area contributed by atoms with Gasteiger partial charge in [0.1, 0.15) is 12.4 Å². The third kappa shape index (κ3) is 4.54. The Labute approximate surface area is 204 Å². The average Bonchev–Trinajstić information content (AvgIpc) is 2.82. The van der Waals surface area contributed by atoms with E-state index in [1.807, 2.05) is 37.3 Å². The van der Waals surface area contributed by atoms with Crippen molar-refractivity contribution in [1.82, 2.24) is 5.32 Å². The maximum absolute atomic E-state index is 13.7. The van der Waals surface area contributed by atoms with Crippen molar-refractivity contribution >= 4 is 38.8 Å². The number of nitrogens with one attached hydrogen (secondary N) is 1. The Bertz CT molecular complexity index is 1350. The van der Waals surface area contributed by atoms with Crippen LogP contribution in [0.25, 0.3) is 5.57 Å². The molecular weight excluding hydrogens is 472 g/mol. The van der Waals surface area contributed by atoms with E-state index in [1.54, 1.807) is 49.4 Å². The maximum atomic E-state index is 13.7. The molecule has 0 saturated heterocycles. The van der Waals surface area contributed by atoms with Gasteiger partial charge in [0.2, 0.25) is 0 Å². The summed E-state index contributed by atoms with van der Waals surface area (Å²) in [6, 6.07) is 21.6. The minimum Gasteiger partial charge on any atom is -0.491 e. The molecule has 6 nitrogen and oxygen atoms in total. The highest BCUT2D eigenvalue weighted by Gasteiger charge is 2.40. The molecule has 4 rings (SSSR count). The topological polar surface area (TPSA) is 75.7 Å². The number of fused-ring (bicyclic) bond motifs is 1. The van der Waals surface area contributed by atoms with E-state index in [9.17, 15) is 13.2 Å². The van der Waals surface area contributed by atoms with E-state index in [4.69, 9.17) is 16.3 Å². The minimum atomic E-state index is -4.12. The highest BCUT2D eigenvalue weighted by molar-refractivity contribution is 7.97. The lowest BCUT2D eigenvalue weighted by atomic mass is 9.95. The second kappa shape index (κ2) is 9.91. The number of nitrogens with zero attached hydrogens (tertiary/aromatic N) is 1. The van der Waals surface area contributed by atoms with Crippen LogP contribution in [0, 0.1) is 6.92 Å². The van der Waals surface area contributed by atoms with Crippen molar-refractivity contribution < 1.29 is 17.9 Å². The Hall–Kier alpha value is -3.29. The molecule has 176 valence electrons. The van der Waals surface area contributed by atoms with Crippen molar-refractivity contribution in [3.05, 3.63) is 99.4 Å². The fourth-order valence-corrected chi connectivity index (χ4v) is 5.95. The zero-order valence-electron chi connectivity index (χ0n) is 18.9. The van der Waals surface area contributed by atoms with E-state index in [2.05, 4.69) is 5.32 Å². The van der Waals surface area contributed by atoms with Gasteiger partial charge in [-0.1, -0.05) is 60.1 Å². The predicted molar refractivity (Wildman–Crippen MR) is 136 cm³/mol. The number of rotatable bonds is 7. The summed E-state index contributed by atoms with van der Waals surface area (Å²) in [5.74, 6) is 0.0308. The van der Waals surface area contributed by atoms with Crippen LogP contribution in [0.5, 0.6) is 5.75 Å². The van der Waals surface area contributed by atoms with E-state index >= 15 is 0 Å². The number of hydrogen-bond donors (Lipinski definition) is 1. The van der Waals surface area contributed by atoms with Crippen molar-refractivity contribution in [3.63, 3.8) is 0 Å². The van der Waals surface area contributed by atoms with E-state index in [1.165, 1.54) is 4.31 Å². The molecule has 0 fully saturated rings. The summed E-state index contributed by atoms with van der Waals surface area (Å²) in [6.07, 6.45) is 0. The van der Waals surface area contributed by atoms with Gasteiger partial charge in [-0.3, -0.25) is 9.10 Å². The van der Waals surface area contributed by atoms with Crippen molar-refractivity contribution in [2.75, 3.05) is 24.0 Å². The number of carbonyl (C=O) groups is 1. The lowest BCUT2D eigenvalue weighted by molar-refractivity contribution is -0.116. The van der Waals surface area contributed by atoms with Crippen LogP contribution in [0.2, 0.25) is 5.02 Å². The fourth-order valence-electron chi connectivity index (χ4n) is 4.00. The summed E-state index contributed by atoms with van der Waals surface area (Å²) >= 11 is 6.28. The average molecular weight is 497 g/mol. The van der Waals surface area contributed by atoms with Crippen molar-refractivity contribution in [3.8, 4) is 5.75 Å². The molecule has 0 aromatic heterocycles. The molecule has 3 aromatic rings. The normalized spacial score (nSPS) is 14.5. The Morgan fingerprint density at radius 3 is 2.44 bits per heavy atom. The Kier molecular flexibility index (Phi) is 6.95. The van der Waals surface area contributed by atoms with Crippen LogP contribution in [0.15, 0.2) is 77.7 Å². The Balaban J connectivity index is 1.73. The van der Waals surface area contributed by atoms with Crippen LogP contribution < -0.4 is 14.4 Å². The molecule has 0 unspecified atom stereocenters. The molecule has 0 spiro atoms. The molecule has 34 heavy (non-hydrogen) atoms. The second-order valence-electron chi connectivity index (χ2n) is 7.77. The molecule has 0 aliphatic carbocycles. The first-order valence-corrected chi connectivity index (χ1v) is 12.8. The predicted octanol–water partition coefficient (Wildman–Crippen LogP) is 4.77.